The number of hydrogen-bond acceptors (Lipinski definition) is 3. The molecule has 1 saturated heterocycles. The van der Waals surface area contributed by atoms with Gasteiger partial charge in [0.25, 0.3) is 0 Å². The van der Waals surface area contributed by atoms with Crippen LogP contribution in [-0.2, 0) is 4.74 Å². The van der Waals surface area contributed by atoms with Gasteiger partial charge in [0.1, 0.15) is 5.82 Å². The number of aromatic nitrogens is 2. The van der Waals surface area contributed by atoms with Gasteiger partial charge in [0.15, 0.2) is 0 Å². The Bertz CT molecular complexity index is 498. The van der Waals surface area contributed by atoms with Crippen molar-refractivity contribution in [3.8, 4) is 11.4 Å². The average molecular weight is 229 g/mol. The third-order valence-corrected chi connectivity index (χ3v) is 3.14. The number of nitrogens with zero attached hydrogens (tertiary/aromatic N) is 2. The molecule has 2 aromatic rings. The molecule has 0 saturated carbocycles. The largest absolute Gasteiger partial charge is 0.399 e. The van der Waals surface area contributed by atoms with E-state index in [1.165, 1.54) is 0 Å². The zero-order valence-corrected chi connectivity index (χ0v) is 9.54. The molecule has 3 rings (SSSR count). The Morgan fingerprint density at radius 3 is 2.82 bits per heavy atom. The Morgan fingerprint density at radius 2 is 2.12 bits per heavy atom. The fourth-order valence-electron chi connectivity index (χ4n) is 2.20. The van der Waals surface area contributed by atoms with Gasteiger partial charge in [-0.15, -0.1) is 0 Å². The second-order valence-corrected chi connectivity index (χ2v) is 4.30. The maximum atomic E-state index is 5.69. The second-order valence-electron chi connectivity index (χ2n) is 4.30. The summed E-state index contributed by atoms with van der Waals surface area (Å²) in [6.45, 7) is 1.61. The van der Waals surface area contributed by atoms with Crippen molar-refractivity contribution in [3.63, 3.8) is 0 Å². The van der Waals surface area contributed by atoms with Crippen LogP contribution in [0.1, 0.15) is 12.5 Å². The smallest absolute Gasteiger partial charge is 0.140 e. The maximum absolute atomic E-state index is 5.69. The van der Waals surface area contributed by atoms with Crippen molar-refractivity contribution < 1.29 is 4.74 Å². The number of ether oxygens (including phenoxy) is 1. The number of anilines is 1. The van der Waals surface area contributed by atoms with Gasteiger partial charge < -0.3 is 15.0 Å². The molecule has 1 aliphatic heterocycles. The monoisotopic (exact) mass is 229 g/mol. The molecule has 2 heterocycles. The highest BCUT2D eigenvalue weighted by atomic mass is 16.5. The molecule has 1 fully saturated rings. The van der Waals surface area contributed by atoms with E-state index in [0.717, 1.165) is 36.7 Å². The lowest BCUT2D eigenvalue weighted by Crippen LogP contribution is -2.09. The molecule has 1 aromatic heterocycles. The number of nitrogen functional groups attached to an aromatic ring is 1. The number of imidazole rings is 1. The van der Waals surface area contributed by atoms with Crippen LogP contribution in [0.15, 0.2) is 36.7 Å². The highest BCUT2D eigenvalue weighted by Gasteiger charge is 2.20. The molecule has 4 nitrogen and oxygen atoms in total. The van der Waals surface area contributed by atoms with Crippen molar-refractivity contribution in [2.24, 2.45) is 0 Å². The van der Waals surface area contributed by atoms with Gasteiger partial charge in [-0.25, -0.2) is 4.98 Å². The quantitative estimate of drug-likeness (QED) is 0.802. The van der Waals surface area contributed by atoms with Crippen LogP contribution >= 0.6 is 0 Å². The minimum absolute atomic E-state index is 0.407. The van der Waals surface area contributed by atoms with Crippen LogP contribution in [-0.4, -0.2) is 22.8 Å². The molecular weight excluding hydrogens is 214 g/mol. The number of rotatable bonds is 2. The summed E-state index contributed by atoms with van der Waals surface area (Å²) >= 11 is 0. The van der Waals surface area contributed by atoms with Gasteiger partial charge in [-0.2, -0.15) is 0 Å². The minimum atomic E-state index is 0.407. The summed E-state index contributed by atoms with van der Waals surface area (Å²) in [6, 6.07) is 8.22. The highest BCUT2D eigenvalue weighted by molar-refractivity contribution is 5.59. The van der Waals surface area contributed by atoms with E-state index in [2.05, 4.69) is 9.55 Å². The molecule has 1 aliphatic rings. The zero-order chi connectivity index (χ0) is 11.7. The summed E-state index contributed by atoms with van der Waals surface area (Å²) < 4.78 is 7.62. The van der Waals surface area contributed by atoms with Gasteiger partial charge in [-0.1, -0.05) is 0 Å². The van der Waals surface area contributed by atoms with Gasteiger partial charge in [0.2, 0.25) is 0 Å². The predicted octanol–water partition coefficient (Wildman–Crippen LogP) is 2.09. The lowest BCUT2D eigenvalue weighted by atomic mass is 10.1. The van der Waals surface area contributed by atoms with E-state index in [0.29, 0.717) is 6.04 Å². The lowest BCUT2D eigenvalue weighted by molar-refractivity contribution is 0.187. The normalized spacial score (nSPS) is 19.6. The summed E-state index contributed by atoms with van der Waals surface area (Å²) in [5.41, 5.74) is 7.56. The number of benzene rings is 1. The number of nitrogens with two attached hydrogens (primary N) is 1. The first-order chi connectivity index (χ1) is 8.34. The van der Waals surface area contributed by atoms with Gasteiger partial charge >= 0.3 is 0 Å². The Kier molecular flexibility index (Phi) is 2.57. The van der Waals surface area contributed by atoms with Crippen LogP contribution in [0.2, 0.25) is 0 Å². The van der Waals surface area contributed by atoms with E-state index in [4.69, 9.17) is 10.5 Å². The molecule has 0 bridgehead atoms. The van der Waals surface area contributed by atoms with Gasteiger partial charge in [0, 0.05) is 30.3 Å². The standard InChI is InChI=1S/C13H15N3O/c14-11-3-1-10(2-4-11)13-15-6-7-16(13)12-5-8-17-9-12/h1-4,6-7,12H,5,8-9,14H2. The van der Waals surface area contributed by atoms with Crippen molar-refractivity contribution in [1.29, 1.82) is 0 Å². The van der Waals surface area contributed by atoms with Crippen molar-refractivity contribution in [1.82, 2.24) is 9.55 Å². The fraction of sp³-hybridized carbons (Fsp3) is 0.308. The molecule has 1 aromatic carbocycles. The zero-order valence-electron chi connectivity index (χ0n) is 9.54. The molecule has 2 N–H and O–H groups in total. The fourth-order valence-corrected chi connectivity index (χ4v) is 2.20. The predicted molar refractivity (Wildman–Crippen MR) is 66.5 cm³/mol. The lowest BCUT2D eigenvalue weighted by Gasteiger charge is -2.13. The molecule has 17 heavy (non-hydrogen) atoms. The molecular formula is C13H15N3O. The van der Waals surface area contributed by atoms with Crippen molar-refractivity contribution >= 4 is 5.69 Å². The summed E-state index contributed by atoms with van der Waals surface area (Å²) in [7, 11) is 0. The molecule has 4 heteroatoms. The van der Waals surface area contributed by atoms with E-state index >= 15 is 0 Å². The first-order valence-corrected chi connectivity index (χ1v) is 5.81. The molecule has 0 spiro atoms. The summed E-state index contributed by atoms with van der Waals surface area (Å²) in [5.74, 6) is 0.987. The molecule has 1 atom stereocenters. The van der Waals surface area contributed by atoms with Crippen LogP contribution in [0.5, 0.6) is 0 Å². The Morgan fingerprint density at radius 1 is 1.29 bits per heavy atom. The van der Waals surface area contributed by atoms with Crippen molar-refractivity contribution in [3.05, 3.63) is 36.7 Å². The van der Waals surface area contributed by atoms with Gasteiger partial charge in [-0.3, -0.25) is 0 Å². The topological polar surface area (TPSA) is 53.1 Å². The van der Waals surface area contributed by atoms with Gasteiger partial charge in [-0.05, 0) is 30.7 Å². The third kappa shape index (κ3) is 1.91. The van der Waals surface area contributed by atoms with E-state index in [1.807, 2.05) is 36.7 Å². The van der Waals surface area contributed by atoms with E-state index in [9.17, 15) is 0 Å². The van der Waals surface area contributed by atoms with Crippen LogP contribution in [0.25, 0.3) is 11.4 Å². The summed E-state index contributed by atoms with van der Waals surface area (Å²) in [6.07, 6.45) is 4.91. The molecule has 0 radical (unpaired) electrons. The first kappa shape index (κ1) is 10.4. The van der Waals surface area contributed by atoms with Gasteiger partial charge in [0.05, 0.1) is 12.6 Å². The Balaban J connectivity index is 1.97. The molecule has 1 unspecified atom stereocenters. The maximum Gasteiger partial charge on any atom is 0.140 e. The Hall–Kier alpha value is -1.81. The van der Waals surface area contributed by atoms with E-state index < -0.39 is 0 Å². The van der Waals surface area contributed by atoms with Crippen molar-refractivity contribution in [2.75, 3.05) is 18.9 Å². The Labute approximate surface area is 100 Å². The SMILES string of the molecule is Nc1ccc(-c2nccn2C2CCOC2)cc1. The second kappa shape index (κ2) is 4.22. The van der Waals surface area contributed by atoms with Crippen molar-refractivity contribution in [2.45, 2.75) is 12.5 Å². The first-order valence-electron chi connectivity index (χ1n) is 5.81. The molecule has 0 aliphatic carbocycles. The highest BCUT2D eigenvalue weighted by Crippen LogP contribution is 2.26. The van der Waals surface area contributed by atoms with E-state index in [-0.39, 0.29) is 0 Å². The van der Waals surface area contributed by atoms with Crippen LogP contribution in [0.4, 0.5) is 5.69 Å². The summed E-state index contributed by atoms with van der Waals surface area (Å²) in [5, 5.41) is 0. The number of hydrogen-bond donors (Lipinski definition) is 1. The average Bonchev–Trinajstić information content (AvgIpc) is 3.00. The molecule has 88 valence electrons. The van der Waals surface area contributed by atoms with E-state index in [1.54, 1.807) is 0 Å². The minimum Gasteiger partial charge on any atom is -0.399 e. The third-order valence-electron chi connectivity index (χ3n) is 3.14. The molecule has 0 amide bonds. The van der Waals surface area contributed by atoms with Crippen LogP contribution in [0, 0.1) is 0 Å². The van der Waals surface area contributed by atoms with Crippen LogP contribution < -0.4 is 5.73 Å². The summed E-state index contributed by atoms with van der Waals surface area (Å²) in [4.78, 5) is 4.43. The van der Waals surface area contributed by atoms with Crippen LogP contribution in [0.3, 0.4) is 0 Å².